The molecule has 0 aliphatic rings. The zero-order chi connectivity index (χ0) is 25.1. The number of hydrogen-bond donors (Lipinski definition) is 4. The van der Waals surface area contributed by atoms with Crippen molar-refractivity contribution in [1.29, 1.82) is 0 Å². The number of carboxylic acids is 4. The van der Waals surface area contributed by atoms with Crippen LogP contribution < -0.4 is 0 Å². The zero-order valence-corrected chi connectivity index (χ0v) is 17.1. The lowest BCUT2D eigenvalue weighted by molar-refractivity contribution is -0.146. The lowest BCUT2D eigenvalue weighted by atomic mass is 9.69. The van der Waals surface area contributed by atoms with Gasteiger partial charge in [0.15, 0.2) is 24.3 Å². The monoisotopic (exact) mass is 470 g/mol. The minimum Gasteiger partial charge on any atom is -0.500 e. The van der Waals surface area contributed by atoms with Gasteiger partial charge in [-0.3, -0.25) is 4.79 Å². The number of carbonyl (C=O) groups is 5. The molecule has 10 nitrogen and oxygen atoms in total. The zero-order valence-electron chi connectivity index (χ0n) is 17.1. The Labute approximate surface area is 180 Å². The van der Waals surface area contributed by atoms with Gasteiger partial charge in [-0.25, -0.2) is 32.3 Å². The molecular formula is C19H25F3O10. The first kappa shape index (κ1) is 28.9. The average molecular weight is 470 g/mol. The number of carbonyl (C=O) groups excluding carboxylic acids is 1. The number of carboxylic acid groups (broad SMARTS) is 4. The minimum absolute atomic E-state index is 0.0697. The summed E-state index contributed by atoms with van der Waals surface area (Å²) in [7, 11) is 0. The maximum atomic E-state index is 13.7. The molecule has 0 fully saturated rings. The van der Waals surface area contributed by atoms with Crippen molar-refractivity contribution >= 4 is 29.7 Å². The number of ketones is 1. The Morgan fingerprint density at radius 1 is 0.781 bits per heavy atom. The Kier molecular flexibility index (Phi) is 12.0. The van der Waals surface area contributed by atoms with Gasteiger partial charge in [0.25, 0.3) is 0 Å². The highest BCUT2D eigenvalue weighted by atomic mass is 19.1. The molecule has 0 spiro atoms. The van der Waals surface area contributed by atoms with Crippen LogP contribution in [-0.2, 0) is 28.7 Å². The molecule has 0 aromatic rings. The quantitative estimate of drug-likeness (QED) is 0.107. The molecule has 13 heteroatoms. The maximum absolute atomic E-state index is 13.7. The van der Waals surface area contributed by atoms with Gasteiger partial charge in [0.1, 0.15) is 11.8 Å². The Morgan fingerprint density at radius 2 is 1.12 bits per heavy atom. The highest BCUT2D eigenvalue weighted by Gasteiger charge is 2.44. The normalized spacial score (nSPS) is 16.3. The van der Waals surface area contributed by atoms with Crippen LogP contribution in [0.25, 0.3) is 0 Å². The van der Waals surface area contributed by atoms with Crippen LogP contribution in [0.4, 0.5) is 13.2 Å². The number of alkyl halides is 3. The van der Waals surface area contributed by atoms with Crippen LogP contribution in [0.3, 0.4) is 0 Å². The summed E-state index contributed by atoms with van der Waals surface area (Å²) in [5.74, 6) is -8.84. The fraction of sp³-hybridized carbons (Fsp3) is 0.632. The van der Waals surface area contributed by atoms with E-state index >= 15 is 0 Å². The molecule has 3 unspecified atom stereocenters. The standard InChI is InChI=1S/C19H25F3O10/c1-2-32-9-10(15(24)25)14(23)19(6-3-11(20)16(26)27,7-4-12(21)17(28)29)8-5-13(22)18(30)31/h9,11-13H,2-8H2,1H3,(H,24,25)(H,26,27)(H,28,29)(H,30,31). The second kappa shape index (κ2) is 13.3. The molecule has 0 bridgehead atoms. The Balaban J connectivity index is 6.33. The van der Waals surface area contributed by atoms with Crippen molar-refractivity contribution in [2.24, 2.45) is 5.41 Å². The molecule has 0 heterocycles. The third-order valence-electron chi connectivity index (χ3n) is 4.76. The van der Waals surface area contributed by atoms with Crippen LogP contribution in [0.1, 0.15) is 45.4 Å². The predicted molar refractivity (Wildman–Crippen MR) is 100 cm³/mol. The summed E-state index contributed by atoms with van der Waals surface area (Å²) in [4.78, 5) is 57.1. The van der Waals surface area contributed by atoms with Gasteiger partial charge in [-0.2, -0.15) is 0 Å². The van der Waals surface area contributed by atoms with E-state index in [-0.39, 0.29) is 6.61 Å². The minimum atomic E-state index is -2.52. The van der Waals surface area contributed by atoms with Crippen molar-refractivity contribution in [3.05, 3.63) is 11.8 Å². The van der Waals surface area contributed by atoms with Gasteiger partial charge in [0, 0.05) is 5.41 Å². The van der Waals surface area contributed by atoms with Crippen LogP contribution >= 0.6 is 0 Å². The van der Waals surface area contributed by atoms with E-state index in [1.54, 1.807) is 0 Å². The van der Waals surface area contributed by atoms with Gasteiger partial charge in [-0.1, -0.05) is 0 Å². The summed E-state index contributed by atoms with van der Waals surface area (Å²) in [6.45, 7) is 1.38. The molecule has 0 aliphatic heterocycles. The van der Waals surface area contributed by atoms with Crippen LogP contribution in [0, 0.1) is 5.41 Å². The molecular weight excluding hydrogens is 445 g/mol. The molecule has 0 aromatic carbocycles. The van der Waals surface area contributed by atoms with Crippen LogP contribution in [0.15, 0.2) is 11.8 Å². The highest BCUT2D eigenvalue weighted by Crippen LogP contribution is 2.40. The molecule has 0 rings (SSSR count). The molecule has 0 radical (unpaired) electrons. The highest BCUT2D eigenvalue weighted by molar-refractivity contribution is 6.18. The molecule has 4 N–H and O–H groups in total. The van der Waals surface area contributed by atoms with E-state index < -0.39 is 97.7 Å². The summed E-state index contributed by atoms with van der Waals surface area (Å²) >= 11 is 0. The SMILES string of the molecule is CCOC=C(C(=O)O)C(=O)C(CCC(F)C(=O)O)(CCC(F)C(=O)O)CCC(F)C(=O)O. The molecule has 0 amide bonds. The van der Waals surface area contributed by atoms with E-state index in [2.05, 4.69) is 0 Å². The number of hydrogen-bond acceptors (Lipinski definition) is 6. The van der Waals surface area contributed by atoms with Crippen LogP contribution in [-0.4, -0.2) is 75.2 Å². The molecule has 0 aromatic heterocycles. The molecule has 0 aliphatic carbocycles. The fourth-order valence-corrected chi connectivity index (χ4v) is 2.95. The van der Waals surface area contributed by atoms with Gasteiger partial charge in [0.05, 0.1) is 6.61 Å². The predicted octanol–water partition coefficient (Wildman–Crippen LogP) is 2.16. The van der Waals surface area contributed by atoms with Crippen molar-refractivity contribution in [2.45, 2.75) is 64.0 Å². The Morgan fingerprint density at radius 3 is 1.38 bits per heavy atom. The summed E-state index contributed by atoms with van der Waals surface area (Å²) in [6.07, 6.45) is -11.9. The van der Waals surface area contributed by atoms with Crippen LogP contribution in [0.2, 0.25) is 0 Å². The molecule has 32 heavy (non-hydrogen) atoms. The molecule has 182 valence electrons. The third kappa shape index (κ3) is 8.94. The van der Waals surface area contributed by atoms with E-state index in [0.29, 0.717) is 6.26 Å². The van der Waals surface area contributed by atoms with Crippen molar-refractivity contribution in [1.82, 2.24) is 0 Å². The maximum Gasteiger partial charge on any atom is 0.342 e. The van der Waals surface area contributed by atoms with E-state index in [4.69, 9.17) is 20.1 Å². The first-order valence-electron chi connectivity index (χ1n) is 9.49. The molecule has 0 saturated carbocycles. The van der Waals surface area contributed by atoms with E-state index in [1.165, 1.54) is 6.92 Å². The lowest BCUT2D eigenvalue weighted by Gasteiger charge is -2.33. The summed E-state index contributed by atoms with van der Waals surface area (Å²) in [5.41, 5.74) is -3.17. The van der Waals surface area contributed by atoms with Crippen molar-refractivity contribution < 1.29 is 62.3 Å². The smallest absolute Gasteiger partial charge is 0.342 e. The van der Waals surface area contributed by atoms with Crippen LogP contribution in [0.5, 0.6) is 0 Å². The number of ether oxygens (including phenoxy) is 1. The molecule has 0 saturated heterocycles. The lowest BCUT2D eigenvalue weighted by Crippen LogP contribution is -2.38. The van der Waals surface area contributed by atoms with E-state index in [1.807, 2.05) is 0 Å². The van der Waals surface area contributed by atoms with Crippen molar-refractivity contribution in [3.63, 3.8) is 0 Å². The van der Waals surface area contributed by atoms with Gasteiger partial charge in [0.2, 0.25) is 0 Å². The fourth-order valence-electron chi connectivity index (χ4n) is 2.95. The second-order valence-electron chi connectivity index (χ2n) is 6.93. The number of halogens is 3. The Hall–Kier alpha value is -3.12. The van der Waals surface area contributed by atoms with Gasteiger partial charge in [-0.05, 0) is 45.4 Å². The number of aliphatic carboxylic acids is 4. The second-order valence-corrected chi connectivity index (χ2v) is 6.93. The van der Waals surface area contributed by atoms with Gasteiger partial charge in [-0.15, -0.1) is 0 Å². The first-order valence-corrected chi connectivity index (χ1v) is 9.49. The van der Waals surface area contributed by atoms with E-state index in [9.17, 15) is 42.3 Å². The summed E-state index contributed by atoms with van der Waals surface area (Å²) in [6, 6.07) is 0. The molecule has 3 atom stereocenters. The van der Waals surface area contributed by atoms with Crippen molar-refractivity contribution in [2.75, 3.05) is 6.61 Å². The van der Waals surface area contributed by atoms with Gasteiger partial charge >= 0.3 is 23.9 Å². The number of Topliss-reactive ketones (excluding diaryl/α,β-unsaturated/α-hetero) is 1. The average Bonchev–Trinajstić information content (AvgIpc) is 2.72. The summed E-state index contributed by atoms with van der Waals surface area (Å²) in [5, 5.41) is 35.6. The Bertz CT molecular complexity index is 677. The first-order chi connectivity index (χ1) is 14.8. The largest absolute Gasteiger partial charge is 0.500 e. The summed E-state index contributed by atoms with van der Waals surface area (Å²) < 4.78 is 46.0. The number of rotatable bonds is 17. The topological polar surface area (TPSA) is 175 Å². The van der Waals surface area contributed by atoms with E-state index in [0.717, 1.165) is 0 Å². The third-order valence-corrected chi connectivity index (χ3v) is 4.76. The van der Waals surface area contributed by atoms with Crippen molar-refractivity contribution in [3.8, 4) is 0 Å². The van der Waals surface area contributed by atoms with Gasteiger partial charge < -0.3 is 25.2 Å².